The minimum Gasteiger partial charge on any atom is -0.507 e. The van der Waals surface area contributed by atoms with Crippen LogP contribution in [0.3, 0.4) is 0 Å². The standard InChI is InChI=1S/C35H33ClF2N4O5/c1-6-26(45)40-15-24-34(46)39(5)33-32(41(24)14-18(40)4)21-13-22(36)27(28-23(37)11-8-12-25(28)44)29(38)31(21)42(35(33)47)30-19(16-43)9-7-10-20(30)17(2)3/h6-13,17-18,24,43-44H,1,14-16H2,2-5H3. The number of amides is 2. The summed E-state index contributed by atoms with van der Waals surface area (Å²) in [6.45, 7) is 8.74. The summed E-state index contributed by atoms with van der Waals surface area (Å²) in [5.41, 5.74) is -0.660. The topological polar surface area (TPSA) is 106 Å². The van der Waals surface area contributed by atoms with Gasteiger partial charge in [-0.15, -0.1) is 0 Å². The van der Waals surface area contributed by atoms with Crippen LogP contribution in [0.5, 0.6) is 5.75 Å². The number of fused-ring (bicyclic) bond motifs is 5. The molecule has 2 aliphatic rings. The van der Waals surface area contributed by atoms with Crippen molar-refractivity contribution in [1.29, 1.82) is 0 Å². The summed E-state index contributed by atoms with van der Waals surface area (Å²) in [5.74, 6) is -3.58. The summed E-state index contributed by atoms with van der Waals surface area (Å²) in [6, 6.07) is 8.68. The number of carbonyl (C=O) groups excluding carboxylic acids is 2. The van der Waals surface area contributed by atoms with Crippen LogP contribution in [-0.4, -0.2) is 63.7 Å². The second kappa shape index (κ2) is 11.8. The number of rotatable bonds is 5. The van der Waals surface area contributed by atoms with Crippen LogP contribution in [0, 0.1) is 11.6 Å². The lowest BCUT2D eigenvalue weighted by atomic mass is 9.94. The van der Waals surface area contributed by atoms with Crippen molar-refractivity contribution in [2.24, 2.45) is 0 Å². The summed E-state index contributed by atoms with van der Waals surface area (Å²) in [6.07, 6.45) is 1.17. The second-order valence-electron chi connectivity index (χ2n) is 12.2. The number of hydrogen-bond donors (Lipinski definition) is 2. The lowest BCUT2D eigenvalue weighted by Gasteiger charge is -2.50. The summed E-state index contributed by atoms with van der Waals surface area (Å²) in [4.78, 5) is 45.9. The van der Waals surface area contributed by atoms with Crippen molar-refractivity contribution >= 4 is 45.7 Å². The quantitative estimate of drug-likeness (QED) is 0.274. The number of hydrogen-bond acceptors (Lipinski definition) is 6. The van der Waals surface area contributed by atoms with Crippen molar-refractivity contribution in [1.82, 2.24) is 9.47 Å². The normalized spacial score (nSPS) is 17.7. The highest BCUT2D eigenvalue weighted by atomic mass is 35.5. The summed E-state index contributed by atoms with van der Waals surface area (Å²) >= 11 is 6.75. The third kappa shape index (κ3) is 4.79. The number of phenolic OH excluding ortho intramolecular Hbond substituents is 1. The van der Waals surface area contributed by atoms with E-state index in [9.17, 15) is 24.6 Å². The number of para-hydroxylation sites is 1. The van der Waals surface area contributed by atoms with Crippen LogP contribution in [0.25, 0.3) is 27.7 Å². The molecule has 2 amide bonds. The lowest BCUT2D eigenvalue weighted by molar-refractivity contribution is -0.130. The Kier molecular flexibility index (Phi) is 8.09. The number of nitrogens with zero attached hydrogens (tertiary/aromatic N) is 4. The predicted octanol–water partition coefficient (Wildman–Crippen LogP) is 5.48. The average Bonchev–Trinajstić information content (AvgIpc) is 3.03. The van der Waals surface area contributed by atoms with E-state index in [1.54, 1.807) is 30.0 Å². The predicted molar refractivity (Wildman–Crippen MR) is 177 cm³/mol. The molecule has 3 heterocycles. The Balaban J connectivity index is 1.81. The van der Waals surface area contributed by atoms with E-state index in [1.807, 2.05) is 13.8 Å². The third-order valence-corrected chi connectivity index (χ3v) is 9.44. The minimum atomic E-state index is -1.08. The number of aromatic hydroxyl groups is 1. The number of aromatic nitrogens is 1. The van der Waals surface area contributed by atoms with E-state index in [0.717, 1.165) is 10.6 Å². The van der Waals surface area contributed by atoms with E-state index in [1.165, 1.54) is 41.1 Å². The number of likely N-dealkylation sites (N-methyl/N-ethyl adjacent to an activating group) is 1. The van der Waals surface area contributed by atoms with Crippen LogP contribution in [0.2, 0.25) is 5.02 Å². The highest BCUT2D eigenvalue weighted by Gasteiger charge is 2.46. The molecule has 2 N–H and O–H groups in total. The van der Waals surface area contributed by atoms with Crippen molar-refractivity contribution in [2.75, 3.05) is 29.9 Å². The molecule has 1 aromatic heterocycles. The first-order chi connectivity index (χ1) is 22.3. The van der Waals surface area contributed by atoms with Crippen molar-refractivity contribution in [3.8, 4) is 22.6 Å². The fraction of sp³-hybridized carbons (Fsp3) is 0.286. The maximum Gasteiger partial charge on any atom is 0.281 e. The minimum absolute atomic E-state index is 0.0124. The molecule has 0 aliphatic carbocycles. The van der Waals surface area contributed by atoms with Crippen LogP contribution in [0.1, 0.15) is 37.8 Å². The Morgan fingerprint density at radius 2 is 1.79 bits per heavy atom. The van der Waals surface area contributed by atoms with Crippen LogP contribution in [-0.2, 0) is 16.2 Å². The van der Waals surface area contributed by atoms with Gasteiger partial charge in [0.05, 0.1) is 40.6 Å². The van der Waals surface area contributed by atoms with E-state index in [-0.39, 0.29) is 57.9 Å². The van der Waals surface area contributed by atoms with Crippen molar-refractivity contribution in [2.45, 2.75) is 45.4 Å². The third-order valence-electron chi connectivity index (χ3n) is 9.14. The fourth-order valence-electron chi connectivity index (χ4n) is 6.91. The van der Waals surface area contributed by atoms with Gasteiger partial charge in [-0.2, -0.15) is 0 Å². The molecule has 0 saturated carbocycles. The molecule has 0 bridgehead atoms. The molecule has 0 spiro atoms. The van der Waals surface area contributed by atoms with E-state index in [2.05, 4.69) is 6.58 Å². The van der Waals surface area contributed by atoms with Crippen LogP contribution in [0.4, 0.5) is 20.2 Å². The first-order valence-corrected chi connectivity index (χ1v) is 15.5. The molecule has 47 heavy (non-hydrogen) atoms. The number of aliphatic hydroxyl groups excluding tert-OH is 1. The van der Waals surface area contributed by atoms with Crippen LogP contribution in [0.15, 0.2) is 59.9 Å². The zero-order chi connectivity index (χ0) is 34.1. The van der Waals surface area contributed by atoms with E-state index < -0.39 is 58.7 Å². The zero-order valence-corrected chi connectivity index (χ0v) is 27.0. The number of carbonyl (C=O) groups is 2. The van der Waals surface area contributed by atoms with Crippen LogP contribution >= 0.6 is 11.6 Å². The molecule has 3 aromatic carbocycles. The molecule has 2 atom stereocenters. The summed E-state index contributed by atoms with van der Waals surface area (Å²) in [5, 5.41) is 21.0. The summed E-state index contributed by atoms with van der Waals surface area (Å²) in [7, 11) is 1.44. The maximum absolute atomic E-state index is 17.4. The number of pyridine rings is 1. The van der Waals surface area contributed by atoms with Crippen molar-refractivity contribution < 1.29 is 28.6 Å². The molecule has 244 valence electrons. The zero-order valence-electron chi connectivity index (χ0n) is 26.2. The van der Waals surface area contributed by atoms with Gasteiger partial charge in [0.25, 0.3) is 11.5 Å². The highest BCUT2D eigenvalue weighted by molar-refractivity contribution is 6.35. The van der Waals surface area contributed by atoms with Gasteiger partial charge in [0, 0.05) is 36.1 Å². The van der Waals surface area contributed by atoms with Gasteiger partial charge in [-0.3, -0.25) is 19.0 Å². The molecule has 12 heteroatoms. The van der Waals surface area contributed by atoms with Crippen molar-refractivity contribution in [3.05, 3.63) is 93.3 Å². The molecule has 2 aliphatic heterocycles. The summed E-state index contributed by atoms with van der Waals surface area (Å²) < 4.78 is 33.8. The first-order valence-electron chi connectivity index (χ1n) is 15.1. The Morgan fingerprint density at radius 3 is 2.43 bits per heavy atom. The molecule has 2 unspecified atom stereocenters. The monoisotopic (exact) mass is 662 g/mol. The van der Waals surface area contributed by atoms with Gasteiger partial charge in [-0.05, 0) is 42.7 Å². The number of anilines is 2. The second-order valence-corrected chi connectivity index (χ2v) is 12.6. The van der Waals surface area contributed by atoms with Gasteiger partial charge >= 0.3 is 0 Å². The van der Waals surface area contributed by atoms with E-state index >= 15 is 8.78 Å². The number of halogens is 3. The van der Waals surface area contributed by atoms with E-state index in [4.69, 9.17) is 11.6 Å². The molecular formula is C35H33ClF2N4O5. The Morgan fingerprint density at radius 1 is 1.09 bits per heavy atom. The van der Waals surface area contributed by atoms with Crippen LogP contribution < -0.4 is 15.4 Å². The van der Waals surface area contributed by atoms with Gasteiger partial charge in [-0.25, -0.2) is 8.78 Å². The molecular weight excluding hydrogens is 630 g/mol. The molecule has 9 nitrogen and oxygen atoms in total. The van der Waals surface area contributed by atoms with Gasteiger partial charge in [0.2, 0.25) is 5.91 Å². The number of benzene rings is 3. The molecule has 1 saturated heterocycles. The number of phenols is 1. The Labute approximate surface area is 274 Å². The number of aliphatic hydroxyl groups is 1. The van der Waals surface area contributed by atoms with E-state index in [0.29, 0.717) is 11.1 Å². The SMILES string of the molecule is C=CC(=O)N1CC2C(=O)N(C)c3c(c4cc(Cl)c(-c5c(O)cccc5F)c(F)c4n(-c4c(CO)cccc4C(C)C)c3=O)N2CC1C. The first kappa shape index (κ1) is 32.2. The largest absolute Gasteiger partial charge is 0.507 e. The molecule has 6 rings (SSSR count). The van der Waals surface area contributed by atoms with Crippen molar-refractivity contribution in [3.63, 3.8) is 0 Å². The Hall–Kier alpha value is -4.74. The Bertz CT molecular complexity index is 2040. The van der Waals surface area contributed by atoms with Gasteiger partial charge in [0.1, 0.15) is 23.3 Å². The maximum atomic E-state index is 17.4. The lowest BCUT2D eigenvalue weighted by Crippen LogP contribution is -2.66. The number of piperazine rings is 1. The average molecular weight is 663 g/mol. The fourth-order valence-corrected chi connectivity index (χ4v) is 7.20. The highest BCUT2D eigenvalue weighted by Crippen LogP contribution is 2.47. The molecule has 4 aromatic rings. The molecule has 1 fully saturated rings. The smallest absolute Gasteiger partial charge is 0.281 e. The van der Waals surface area contributed by atoms with Gasteiger partial charge < -0.3 is 24.9 Å². The van der Waals surface area contributed by atoms with Gasteiger partial charge in [-0.1, -0.05) is 56.3 Å². The van der Waals surface area contributed by atoms with Gasteiger partial charge in [0.15, 0.2) is 5.82 Å². The molecule has 0 radical (unpaired) electrons.